The summed E-state index contributed by atoms with van der Waals surface area (Å²) in [5.41, 5.74) is -0.538. The number of likely N-dealkylation sites (tertiary alicyclic amines) is 1. The lowest BCUT2D eigenvalue weighted by atomic mass is 10.2. The molecule has 0 bridgehead atoms. The second-order valence-corrected chi connectivity index (χ2v) is 6.52. The predicted octanol–water partition coefficient (Wildman–Crippen LogP) is 3.08. The molecule has 1 unspecified atom stereocenters. The van der Waals surface area contributed by atoms with E-state index in [9.17, 15) is 9.18 Å². The van der Waals surface area contributed by atoms with Gasteiger partial charge in [0.1, 0.15) is 5.60 Å². The largest absolute Gasteiger partial charge is 0.444 e. The third kappa shape index (κ3) is 4.43. The Bertz CT molecular complexity index is 550. The van der Waals surface area contributed by atoms with Gasteiger partial charge < -0.3 is 15.0 Å². The van der Waals surface area contributed by atoms with Crippen LogP contribution in [0.25, 0.3) is 0 Å². The Morgan fingerprint density at radius 1 is 1.59 bits per heavy atom. The Kier molecular flexibility index (Phi) is 5.05. The molecule has 8 heteroatoms. The smallest absolute Gasteiger partial charge is 0.410 e. The topological polar surface area (TPSA) is 67.3 Å². The second kappa shape index (κ2) is 6.64. The van der Waals surface area contributed by atoms with Crippen LogP contribution in [0.3, 0.4) is 0 Å². The Balaban J connectivity index is 1.97. The number of aromatic nitrogens is 2. The van der Waals surface area contributed by atoms with Crippen LogP contribution < -0.4 is 5.32 Å². The van der Waals surface area contributed by atoms with Crippen molar-refractivity contribution < 1.29 is 13.9 Å². The monoisotopic (exact) mass is 330 g/mol. The predicted molar refractivity (Wildman–Crippen MR) is 81.5 cm³/mol. The first kappa shape index (κ1) is 16.7. The quantitative estimate of drug-likeness (QED) is 0.863. The van der Waals surface area contributed by atoms with E-state index >= 15 is 0 Å². The van der Waals surface area contributed by atoms with E-state index in [-0.39, 0.29) is 23.2 Å². The molecule has 122 valence electrons. The number of carbonyl (C=O) groups excluding carboxylic acids is 1. The molecule has 1 aromatic heterocycles. The molecule has 22 heavy (non-hydrogen) atoms. The van der Waals surface area contributed by atoms with Crippen molar-refractivity contribution in [2.75, 3.05) is 18.4 Å². The molecule has 1 aliphatic heterocycles. The van der Waals surface area contributed by atoms with E-state index in [4.69, 9.17) is 16.3 Å². The molecule has 2 rings (SSSR count). The number of rotatable bonds is 3. The van der Waals surface area contributed by atoms with Gasteiger partial charge in [-0.1, -0.05) is 0 Å². The Labute approximate surface area is 134 Å². The first-order chi connectivity index (χ1) is 10.3. The summed E-state index contributed by atoms with van der Waals surface area (Å²) in [4.78, 5) is 21.2. The molecular weight excluding hydrogens is 311 g/mol. The first-order valence-corrected chi connectivity index (χ1v) is 7.55. The number of hydrogen-bond acceptors (Lipinski definition) is 5. The molecule has 0 aromatic carbocycles. The van der Waals surface area contributed by atoms with Crippen molar-refractivity contribution in [2.24, 2.45) is 0 Å². The number of halogens is 2. The molecule has 1 saturated heterocycles. The molecule has 0 saturated carbocycles. The van der Waals surface area contributed by atoms with Crippen LogP contribution in [0.4, 0.5) is 15.0 Å². The maximum atomic E-state index is 13.6. The van der Waals surface area contributed by atoms with Crippen LogP contribution in [0.1, 0.15) is 33.6 Å². The van der Waals surface area contributed by atoms with Crippen LogP contribution >= 0.6 is 11.6 Å². The van der Waals surface area contributed by atoms with Gasteiger partial charge in [-0.2, -0.15) is 4.98 Å². The number of amides is 1. The fourth-order valence-corrected chi connectivity index (χ4v) is 2.43. The SMILES string of the molecule is CC(C)(C)OC(=O)N1CCCC1CNc1nc(Cl)ncc1F. The Morgan fingerprint density at radius 3 is 3.00 bits per heavy atom. The van der Waals surface area contributed by atoms with E-state index < -0.39 is 11.4 Å². The van der Waals surface area contributed by atoms with E-state index in [1.165, 1.54) is 0 Å². The van der Waals surface area contributed by atoms with Crippen molar-refractivity contribution >= 4 is 23.5 Å². The minimum absolute atomic E-state index is 0.0284. The molecule has 0 radical (unpaired) electrons. The van der Waals surface area contributed by atoms with Gasteiger partial charge in [-0.05, 0) is 45.2 Å². The molecule has 1 amide bonds. The molecule has 2 heterocycles. The van der Waals surface area contributed by atoms with Crippen LogP contribution in [0.5, 0.6) is 0 Å². The van der Waals surface area contributed by atoms with Crippen LogP contribution in [-0.2, 0) is 4.74 Å². The lowest BCUT2D eigenvalue weighted by molar-refractivity contribution is 0.0235. The van der Waals surface area contributed by atoms with Gasteiger partial charge in [0.15, 0.2) is 11.6 Å². The summed E-state index contributed by atoms with van der Waals surface area (Å²) in [5.74, 6) is -0.540. The third-order valence-corrected chi connectivity index (χ3v) is 3.41. The summed E-state index contributed by atoms with van der Waals surface area (Å²) in [5, 5.41) is 2.85. The maximum Gasteiger partial charge on any atom is 0.410 e. The average Bonchev–Trinajstić information content (AvgIpc) is 2.86. The molecule has 0 spiro atoms. The van der Waals surface area contributed by atoms with E-state index in [1.807, 2.05) is 20.8 Å². The minimum Gasteiger partial charge on any atom is -0.444 e. The maximum absolute atomic E-state index is 13.6. The molecule has 1 atom stereocenters. The van der Waals surface area contributed by atoms with Gasteiger partial charge in [0, 0.05) is 13.1 Å². The summed E-state index contributed by atoms with van der Waals surface area (Å²) in [6, 6.07) is -0.0667. The molecule has 1 fully saturated rings. The highest BCUT2D eigenvalue weighted by Crippen LogP contribution is 2.21. The average molecular weight is 331 g/mol. The number of nitrogens with zero attached hydrogens (tertiary/aromatic N) is 3. The summed E-state index contributed by atoms with van der Waals surface area (Å²) >= 11 is 5.65. The van der Waals surface area contributed by atoms with Crippen molar-refractivity contribution in [2.45, 2.75) is 45.3 Å². The molecule has 1 N–H and O–H groups in total. The van der Waals surface area contributed by atoms with Gasteiger partial charge in [0.25, 0.3) is 0 Å². The number of carbonyl (C=O) groups is 1. The van der Waals surface area contributed by atoms with Crippen molar-refractivity contribution in [1.82, 2.24) is 14.9 Å². The van der Waals surface area contributed by atoms with Gasteiger partial charge in [0.2, 0.25) is 5.28 Å². The number of ether oxygens (including phenoxy) is 1. The normalized spacial score (nSPS) is 18.4. The van der Waals surface area contributed by atoms with Crippen molar-refractivity contribution in [3.63, 3.8) is 0 Å². The molecule has 6 nitrogen and oxygen atoms in total. The third-order valence-electron chi connectivity index (χ3n) is 3.22. The van der Waals surface area contributed by atoms with E-state index in [0.29, 0.717) is 13.1 Å². The highest BCUT2D eigenvalue weighted by Gasteiger charge is 2.32. The van der Waals surface area contributed by atoms with Gasteiger partial charge >= 0.3 is 6.09 Å². The molecule has 1 aliphatic rings. The van der Waals surface area contributed by atoms with Gasteiger partial charge in [-0.3, -0.25) is 0 Å². The minimum atomic E-state index is -0.578. The van der Waals surface area contributed by atoms with E-state index in [0.717, 1.165) is 19.0 Å². The summed E-state index contributed by atoms with van der Waals surface area (Å²) in [6.07, 6.45) is 2.38. The van der Waals surface area contributed by atoms with Gasteiger partial charge in [0.05, 0.1) is 12.2 Å². The highest BCUT2D eigenvalue weighted by molar-refractivity contribution is 6.28. The lowest BCUT2D eigenvalue weighted by Crippen LogP contribution is -2.42. The zero-order valence-corrected chi connectivity index (χ0v) is 13.7. The molecule has 0 aliphatic carbocycles. The zero-order valence-electron chi connectivity index (χ0n) is 12.9. The van der Waals surface area contributed by atoms with Crippen LogP contribution in [-0.4, -0.2) is 45.7 Å². The Hall–Kier alpha value is -1.63. The van der Waals surface area contributed by atoms with Crippen molar-refractivity contribution in [3.05, 3.63) is 17.3 Å². The highest BCUT2D eigenvalue weighted by atomic mass is 35.5. The van der Waals surface area contributed by atoms with Gasteiger partial charge in [-0.25, -0.2) is 14.2 Å². The van der Waals surface area contributed by atoms with Crippen LogP contribution in [0.2, 0.25) is 5.28 Å². The van der Waals surface area contributed by atoms with Crippen LogP contribution in [0.15, 0.2) is 6.20 Å². The number of anilines is 1. The zero-order chi connectivity index (χ0) is 16.3. The van der Waals surface area contributed by atoms with Crippen LogP contribution in [0, 0.1) is 5.82 Å². The van der Waals surface area contributed by atoms with E-state index in [2.05, 4.69) is 15.3 Å². The molecular formula is C14H20ClFN4O2. The summed E-state index contributed by atoms with van der Waals surface area (Å²) < 4.78 is 19.0. The Morgan fingerprint density at radius 2 is 2.32 bits per heavy atom. The number of hydrogen-bond donors (Lipinski definition) is 1. The van der Waals surface area contributed by atoms with E-state index in [1.54, 1.807) is 4.90 Å². The fraction of sp³-hybridized carbons (Fsp3) is 0.643. The number of nitrogens with one attached hydrogen (secondary N) is 1. The summed E-state index contributed by atoms with van der Waals surface area (Å²) in [7, 11) is 0. The standard InChI is InChI=1S/C14H20ClFN4O2/c1-14(2,3)22-13(21)20-6-4-5-9(20)7-17-11-10(16)8-18-12(15)19-11/h8-9H,4-7H2,1-3H3,(H,17,18,19). The fourth-order valence-electron chi connectivity index (χ4n) is 2.29. The van der Waals surface area contributed by atoms with Crippen molar-refractivity contribution in [1.29, 1.82) is 0 Å². The summed E-state index contributed by atoms with van der Waals surface area (Å²) in [6.45, 7) is 6.49. The van der Waals surface area contributed by atoms with Gasteiger partial charge in [-0.15, -0.1) is 0 Å². The second-order valence-electron chi connectivity index (χ2n) is 6.19. The van der Waals surface area contributed by atoms with Crippen molar-refractivity contribution in [3.8, 4) is 0 Å². The first-order valence-electron chi connectivity index (χ1n) is 7.18. The lowest BCUT2D eigenvalue weighted by Gasteiger charge is -2.28. The molecule has 1 aromatic rings.